The number of nitrogens with zero attached hydrogens (tertiary/aromatic N) is 1. The monoisotopic (exact) mass is 275 g/mol. The van der Waals surface area contributed by atoms with Gasteiger partial charge in [0.25, 0.3) is 0 Å². The molecule has 0 aromatic rings. The third kappa shape index (κ3) is 5.67. The zero-order chi connectivity index (χ0) is 14.7. The maximum absolute atomic E-state index is 11.5. The van der Waals surface area contributed by atoms with Crippen LogP contribution in [-0.2, 0) is 14.4 Å². The fraction of sp³-hybridized carbons (Fsp3) is 0.769. The summed E-state index contributed by atoms with van der Waals surface area (Å²) in [5, 5.41) is -0.285. The van der Waals surface area contributed by atoms with Gasteiger partial charge in [0.2, 0.25) is 11.8 Å². The zero-order valence-corrected chi connectivity index (χ0v) is 13.1. The number of hydrogen-bond acceptors (Lipinski definition) is 4. The Labute approximate surface area is 114 Å². The normalized spacial score (nSPS) is 17.7. The molecule has 0 aliphatic carbocycles. The summed E-state index contributed by atoms with van der Waals surface area (Å²) in [6, 6.07) is 0. The van der Waals surface area contributed by atoms with E-state index < -0.39 is 0 Å². The number of likely N-dealkylation sites (tertiary alicyclic amines) is 1. The average molecular weight is 275 g/mol. The molecule has 0 aromatic carbocycles. The molecule has 0 spiro atoms. The topological polar surface area (TPSA) is 54.5 Å². The SMILES string of the molecule is CC.CC.CCC(=O)CN1C(=O)CC(SC)C1=O. The third-order valence-corrected chi connectivity index (χ3v) is 3.15. The molecule has 1 atom stereocenters. The molecule has 4 nitrogen and oxygen atoms in total. The molecule has 0 aromatic heterocycles. The minimum atomic E-state index is -0.285. The largest absolute Gasteiger partial charge is 0.298 e. The van der Waals surface area contributed by atoms with Crippen molar-refractivity contribution in [2.45, 2.75) is 52.7 Å². The first-order valence-electron chi connectivity index (χ1n) is 6.48. The Kier molecular flexibility index (Phi) is 12.2. The standard InChI is InChI=1S/C9H13NO3S.2C2H6/c1-3-6(11)5-10-8(12)4-7(14-2)9(10)13;2*1-2/h7H,3-5H2,1-2H3;2*1-2H3. The molecule has 0 bridgehead atoms. The summed E-state index contributed by atoms with van der Waals surface area (Å²) in [7, 11) is 0. The molecule has 1 rings (SSSR count). The van der Waals surface area contributed by atoms with E-state index in [0.717, 1.165) is 4.90 Å². The first kappa shape index (κ1) is 19.5. The maximum Gasteiger partial charge on any atom is 0.243 e. The highest BCUT2D eigenvalue weighted by Crippen LogP contribution is 2.22. The number of imide groups is 1. The summed E-state index contributed by atoms with van der Waals surface area (Å²) in [4.78, 5) is 35.1. The van der Waals surface area contributed by atoms with Gasteiger partial charge >= 0.3 is 0 Å². The Balaban J connectivity index is 0. The quantitative estimate of drug-likeness (QED) is 0.740. The van der Waals surface area contributed by atoms with Crippen LogP contribution < -0.4 is 0 Å². The van der Waals surface area contributed by atoms with Gasteiger partial charge in [0, 0.05) is 12.8 Å². The van der Waals surface area contributed by atoms with Crippen LogP contribution in [0.4, 0.5) is 0 Å². The molecule has 1 saturated heterocycles. The number of carbonyl (C=O) groups excluding carboxylic acids is 3. The number of carbonyl (C=O) groups is 3. The van der Waals surface area contributed by atoms with Gasteiger partial charge in [-0.05, 0) is 6.26 Å². The van der Waals surface area contributed by atoms with Gasteiger partial charge < -0.3 is 0 Å². The summed E-state index contributed by atoms with van der Waals surface area (Å²) >= 11 is 1.36. The summed E-state index contributed by atoms with van der Waals surface area (Å²) in [6.07, 6.45) is 2.39. The van der Waals surface area contributed by atoms with Crippen LogP contribution in [0.25, 0.3) is 0 Å². The van der Waals surface area contributed by atoms with Crippen molar-refractivity contribution < 1.29 is 14.4 Å². The van der Waals surface area contributed by atoms with E-state index in [2.05, 4.69) is 0 Å². The molecule has 1 fully saturated rings. The summed E-state index contributed by atoms with van der Waals surface area (Å²) in [5.74, 6) is -0.520. The van der Waals surface area contributed by atoms with Crippen LogP contribution in [0.5, 0.6) is 0 Å². The van der Waals surface area contributed by atoms with Crippen LogP contribution in [0, 0.1) is 0 Å². The maximum atomic E-state index is 11.5. The Morgan fingerprint density at radius 1 is 1.28 bits per heavy atom. The predicted octanol–water partition coefficient (Wildman–Crippen LogP) is 2.51. The number of rotatable bonds is 4. The predicted molar refractivity (Wildman–Crippen MR) is 76.6 cm³/mol. The van der Waals surface area contributed by atoms with E-state index in [1.807, 2.05) is 27.7 Å². The van der Waals surface area contributed by atoms with Crippen LogP contribution in [0.1, 0.15) is 47.5 Å². The Hall–Kier alpha value is -0.840. The van der Waals surface area contributed by atoms with Gasteiger partial charge in [0.05, 0.1) is 11.8 Å². The van der Waals surface area contributed by atoms with Crippen molar-refractivity contribution >= 4 is 29.4 Å². The Bertz CT molecular complexity index is 279. The van der Waals surface area contributed by atoms with E-state index in [1.165, 1.54) is 11.8 Å². The lowest BCUT2D eigenvalue weighted by atomic mass is 10.3. The molecule has 0 saturated carbocycles. The number of Topliss-reactive ketones (excluding diaryl/α,β-unsaturated/α-hetero) is 1. The highest BCUT2D eigenvalue weighted by atomic mass is 32.2. The van der Waals surface area contributed by atoms with Crippen molar-refractivity contribution in [3.8, 4) is 0 Å². The van der Waals surface area contributed by atoms with Gasteiger partial charge in [-0.2, -0.15) is 11.8 Å². The fourth-order valence-corrected chi connectivity index (χ4v) is 1.93. The zero-order valence-electron chi connectivity index (χ0n) is 12.3. The molecular formula is C13H25NO3S. The number of thioether (sulfide) groups is 1. The first-order chi connectivity index (χ1) is 8.60. The molecule has 5 heteroatoms. The molecule has 2 amide bonds. The van der Waals surface area contributed by atoms with E-state index in [0.29, 0.717) is 6.42 Å². The van der Waals surface area contributed by atoms with Gasteiger partial charge in [0.15, 0.2) is 5.78 Å². The Morgan fingerprint density at radius 3 is 2.11 bits per heavy atom. The van der Waals surface area contributed by atoms with Crippen molar-refractivity contribution in [2.24, 2.45) is 0 Å². The third-order valence-electron chi connectivity index (χ3n) is 2.22. The highest BCUT2D eigenvalue weighted by molar-refractivity contribution is 8.00. The van der Waals surface area contributed by atoms with Crippen molar-refractivity contribution in [3.05, 3.63) is 0 Å². The second kappa shape index (κ2) is 11.3. The van der Waals surface area contributed by atoms with Gasteiger partial charge in [-0.1, -0.05) is 34.6 Å². The summed E-state index contributed by atoms with van der Waals surface area (Å²) in [5.41, 5.74) is 0. The fourth-order valence-electron chi connectivity index (χ4n) is 1.29. The Morgan fingerprint density at radius 2 is 1.78 bits per heavy atom. The van der Waals surface area contributed by atoms with Crippen LogP contribution in [0.15, 0.2) is 0 Å². The lowest BCUT2D eigenvalue weighted by Crippen LogP contribution is -2.35. The second-order valence-electron chi connectivity index (χ2n) is 3.14. The smallest absolute Gasteiger partial charge is 0.243 e. The van der Waals surface area contributed by atoms with Crippen LogP contribution >= 0.6 is 11.8 Å². The minimum absolute atomic E-state index is 0.0504. The van der Waals surface area contributed by atoms with Gasteiger partial charge in [-0.3, -0.25) is 19.3 Å². The van der Waals surface area contributed by atoms with E-state index in [4.69, 9.17) is 0 Å². The molecular weight excluding hydrogens is 250 g/mol. The van der Waals surface area contributed by atoms with Crippen molar-refractivity contribution in [1.82, 2.24) is 4.90 Å². The second-order valence-corrected chi connectivity index (χ2v) is 4.18. The molecule has 0 N–H and O–H groups in total. The molecule has 1 aliphatic rings. The summed E-state index contributed by atoms with van der Waals surface area (Å²) < 4.78 is 0. The van der Waals surface area contributed by atoms with Crippen molar-refractivity contribution in [2.75, 3.05) is 12.8 Å². The van der Waals surface area contributed by atoms with E-state index in [1.54, 1.807) is 13.2 Å². The van der Waals surface area contributed by atoms with Crippen molar-refractivity contribution in [3.63, 3.8) is 0 Å². The van der Waals surface area contributed by atoms with Gasteiger partial charge in [-0.25, -0.2) is 0 Å². The van der Waals surface area contributed by atoms with Crippen LogP contribution in [-0.4, -0.2) is 40.5 Å². The first-order valence-corrected chi connectivity index (χ1v) is 7.77. The molecule has 106 valence electrons. The number of ketones is 1. The molecule has 1 heterocycles. The minimum Gasteiger partial charge on any atom is -0.298 e. The molecule has 1 aliphatic heterocycles. The van der Waals surface area contributed by atoms with Gasteiger partial charge in [0.1, 0.15) is 0 Å². The molecule has 0 radical (unpaired) electrons. The number of hydrogen-bond donors (Lipinski definition) is 0. The van der Waals surface area contributed by atoms with Crippen LogP contribution in [0.2, 0.25) is 0 Å². The molecule has 1 unspecified atom stereocenters. The van der Waals surface area contributed by atoms with Crippen LogP contribution in [0.3, 0.4) is 0 Å². The average Bonchev–Trinajstić information content (AvgIpc) is 2.70. The lowest BCUT2D eigenvalue weighted by molar-refractivity contribution is -0.141. The lowest BCUT2D eigenvalue weighted by Gasteiger charge is -2.12. The highest BCUT2D eigenvalue weighted by Gasteiger charge is 2.38. The van der Waals surface area contributed by atoms with Crippen molar-refractivity contribution in [1.29, 1.82) is 0 Å². The molecule has 18 heavy (non-hydrogen) atoms. The summed E-state index contributed by atoms with van der Waals surface area (Å²) in [6.45, 7) is 9.67. The number of amides is 2. The van der Waals surface area contributed by atoms with E-state index >= 15 is 0 Å². The van der Waals surface area contributed by atoms with Gasteiger partial charge in [-0.15, -0.1) is 0 Å². The van der Waals surface area contributed by atoms with E-state index in [9.17, 15) is 14.4 Å². The van der Waals surface area contributed by atoms with E-state index in [-0.39, 0.29) is 35.8 Å².